The van der Waals surface area contributed by atoms with Gasteiger partial charge in [0.05, 0.1) is 16.8 Å². The van der Waals surface area contributed by atoms with E-state index >= 15 is 0 Å². The monoisotopic (exact) mass is 312 g/mol. The summed E-state index contributed by atoms with van der Waals surface area (Å²) < 4.78 is 0. The van der Waals surface area contributed by atoms with Gasteiger partial charge >= 0.3 is 0 Å². The third kappa shape index (κ3) is 3.44. The Balaban J connectivity index is 1.93. The van der Waals surface area contributed by atoms with Gasteiger partial charge in [0.2, 0.25) is 0 Å². The molecular formula is C20H28N2O. The van der Waals surface area contributed by atoms with E-state index in [0.717, 1.165) is 35.2 Å². The van der Waals surface area contributed by atoms with Crippen LogP contribution in [-0.2, 0) is 0 Å². The molecule has 23 heavy (non-hydrogen) atoms. The van der Waals surface area contributed by atoms with Crippen molar-refractivity contribution in [3.05, 3.63) is 34.9 Å². The molecule has 2 N–H and O–H groups in total. The van der Waals surface area contributed by atoms with Crippen molar-refractivity contribution in [1.29, 1.82) is 0 Å². The summed E-state index contributed by atoms with van der Waals surface area (Å²) in [5.41, 5.74) is 5.15. The van der Waals surface area contributed by atoms with Crippen molar-refractivity contribution >= 4 is 17.2 Å². The highest BCUT2D eigenvalue weighted by molar-refractivity contribution is 6.03. The molecule has 1 aliphatic heterocycles. The maximum Gasteiger partial charge on any atom is 0.253 e. The van der Waals surface area contributed by atoms with Crippen molar-refractivity contribution in [2.24, 2.45) is 0 Å². The van der Waals surface area contributed by atoms with Gasteiger partial charge in [-0.3, -0.25) is 4.79 Å². The molecule has 0 bridgehead atoms. The Labute approximate surface area is 139 Å². The number of benzene rings is 1. The maximum absolute atomic E-state index is 12.9. The Morgan fingerprint density at radius 1 is 1.17 bits per heavy atom. The molecule has 1 heterocycles. The average Bonchev–Trinajstić information content (AvgIpc) is 2.47. The molecule has 0 unspecified atom stereocenters. The van der Waals surface area contributed by atoms with E-state index in [1.54, 1.807) is 0 Å². The lowest BCUT2D eigenvalue weighted by Gasteiger charge is -2.33. The number of hydrogen-bond acceptors (Lipinski definition) is 2. The van der Waals surface area contributed by atoms with Gasteiger partial charge < -0.3 is 10.6 Å². The summed E-state index contributed by atoms with van der Waals surface area (Å²) in [6, 6.07) is 4.51. The van der Waals surface area contributed by atoms with Crippen molar-refractivity contribution in [3.8, 4) is 0 Å². The number of rotatable bonds is 2. The minimum absolute atomic E-state index is 0.0647. The van der Waals surface area contributed by atoms with Gasteiger partial charge in [-0.25, -0.2) is 0 Å². The van der Waals surface area contributed by atoms with Crippen LogP contribution in [-0.4, -0.2) is 17.5 Å². The van der Waals surface area contributed by atoms with Crippen LogP contribution < -0.4 is 10.6 Å². The first-order chi connectivity index (χ1) is 10.9. The van der Waals surface area contributed by atoms with E-state index in [9.17, 15) is 4.79 Å². The molecule has 1 aromatic rings. The Morgan fingerprint density at radius 3 is 2.57 bits per heavy atom. The van der Waals surface area contributed by atoms with Gasteiger partial charge in [-0.2, -0.15) is 0 Å². The van der Waals surface area contributed by atoms with E-state index in [4.69, 9.17) is 0 Å². The normalized spacial score (nSPS) is 20.3. The highest BCUT2D eigenvalue weighted by Crippen LogP contribution is 2.37. The summed E-state index contributed by atoms with van der Waals surface area (Å²) in [5, 5.41) is 6.80. The molecule has 1 saturated carbocycles. The van der Waals surface area contributed by atoms with E-state index in [1.165, 1.54) is 24.8 Å². The number of amides is 1. The van der Waals surface area contributed by atoms with Crippen molar-refractivity contribution in [1.82, 2.24) is 5.32 Å². The summed E-state index contributed by atoms with van der Waals surface area (Å²) in [6.45, 7) is 8.47. The summed E-state index contributed by atoms with van der Waals surface area (Å²) in [5.74, 6) is 0.0647. The highest BCUT2D eigenvalue weighted by Gasteiger charge is 2.27. The number of fused-ring (bicyclic) bond motifs is 1. The zero-order chi connectivity index (χ0) is 16.6. The number of carbonyl (C=O) groups excluding carboxylic acids is 1. The van der Waals surface area contributed by atoms with Crippen molar-refractivity contribution < 1.29 is 4.79 Å². The van der Waals surface area contributed by atoms with E-state index in [2.05, 4.69) is 50.5 Å². The van der Waals surface area contributed by atoms with Crippen LogP contribution in [0.3, 0.4) is 0 Å². The molecule has 0 aromatic heterocycles. The van der Waals surface area contributed by atoms with E-state index in [1.807, 2.05) is 6.07 Å². The summed E-state index contributed by atoms with van der Waals surface area (Å²) in [7, 11) is 0. The Bertz CT molecular complexity index is 652. The largest absolute Gasteiger partial charge is 0.376 e. The molecule has 3 heteroatoms. The van der Waals surface area contributed by atoms with Crippen molar-refractivity contribution in [2.75, 3.05) is 5.32 Å². The zero-order valence-electron chi connectivity index (χ0n) is 14.8. The van der Waals surface area contributed by atoms with Gasteiger partial charge in [0.25, 0.3) is 5.91 Å². The number of carbonyl (C=O) groups is 1. The second kappa shape index (κ2) is 6.03. The van der Waals surface area contributed by atoms with Gasteiger partial charge in [-0.1, -0.05) is 25.3 Å². The lowest BCUT2D eigenvalue weighted by molar-refractivity contribution is 0.0928. The fourth-order valence-corrected chi connectivity index (χ4v) is 3.90. The molecule has 124 valence electrons. The lowest BCUT2D eigenvalue weighted by Crippen LogP contribution is -2.38. The molecule has 0 spiro atoms. The molecular weight excluding hydrogens is 284 g/mol. The van der Waals surface area contributed by atoms with Crippen LogP contribution in [0.5, 0.6) is 0 Å². The molecule has 1 amide bonds. The summed E-state index contributed by atoms with van der Waals surface area (Å²) >= 11 is 0. The second-order valence-electron chi connectivity index (χ2n) is 7.72. The van der Waals surface area contributed by atoms with Gasteiger partial charge in [0, 0.05) is 11.6 Å². The zero-order valence-corrected chi connectivity index (χ0v) is 14.8. The first-order valence-electron chi connectivity index (χ1n) is 8.79. The van der Waals surface area contributed by atoms with E-state index in [-0.39, 0.29) is 11.4 Å². The number of aryl methyl sites for hydroxylation is 1. The van der Waals surface area contributed by atoms with Crippen LogP contribution in [0, 0.1) is 6.92 Å². The molecule has 1 aliphatic carbocycles. The molecule has 0 radical (unpaired) electrons. The standard InChI is InChI=1S/C20H28N2O/c1-13-10-16-14(2)12-20(3,4)22-18(16)17(11-13)19(23)21-15-8-6-5-7-9-15/h10-12,15,22H,5-9H2,1-4H3,(H,21,23). The minimum atomic E-state index is -0.133. The molecule has 1 fully saturated rings. The lowest BCUT2D eigenvalue weighted by atomic mass is 9.88. The molecule has 3 nitrogen and oxygen atoms in total. The first kappa shape index (κ1) is 16.1. The quantitative estimate of drug-likeness (QED) is 0.833. The molecule has 2 aliphatic rings. The summed E-state index contributed by atoms with van der Waals surface area (Å²) in [4.78, 5) is 12.9. The number of nitrogens with one attached hydrogen (secondary N) is 2. The van der Waals surface area contributed by atoms with Crippen LogP contribution >= 0.6 is 0 Å². The van der Waals surface area contributed by atoms with Crippen molar-refractivity contribution in [2.45, 2.75) is 71.4 Å². The van der Waals surface area contributed by atoms with Gasteiger partial charge in [-0.15, -0.1) is 0 Å². The van der Waals surface area contributed by atoms with Crippen LogP contribution in [0.1, 0.15) is 74.4 Å². The minimum Gasteiger partial charge on any atom is -0.376 e. The molecule has 0 atom stereocenters. The van der Waals surface area contributed by atoms with Crippen LogP contribution in [0.4, 0.5) is 5.69 Å². The van der Waals surface area contributed by atoms with Crippen molar-refractivity contribution in [3.63, 3.8) is 0 Å². The molecule has 3 rings (SSSR count). The van der Waals surface area contributed by atoms with E-state index < -0.39 is 0 Å². The predicted molar refractivity (Wildman–Crippen MR) is 96.9 cm³/mol. The third-order valence-corrected chi connectivity index (χ3v) is 4.92. The van der Waals surface area contributed by atoms with Crippen LogP contribution in [0.25, 0.3) is 5.57 Å². The third-order valence-electron chi connectivity index (χ3n) is 4.92. The average molecular weight is 312 g/mol. The Kier molecular flexibility index (Phi) is 4.22. The summed E-state index contributed by atoms with van der Waals surface area (Å²) in [6.07, 6.45) is 8.20. The molecule has 0 saturated heterocycles. The smallest absolute Gasteiger partial charge is 0.253 e. The number of allylic oxidation sites excluding steroid dienone is 1. The van der Waals surface area contributed by atoms with Crippen LogP contribution in [0.2, 0.25) is 0 Å². The van der Waals surface area contributed by atoms with Crippen LogP contribution in [0.15, 0.2) is 18.2 Å². The Hall–Kier alpha value is -1.77. The maximum atomic E-state index is 12.9. The fourth-order valence-electron chi connectivity index (χ4n) is 3.90. The topological polar surface area (TPSA) is 41.1 Å². The van der Waals surface area contributed by atoms with Gasteiger partial charge in [0.15, 0.2) is 0 Å². The van der Waals surface area contributed by atoms with E-state index in [0.29, 0.717) is 6.04 Å². The SMILES string of the molecule is CC1=CC(C)(C)Nc2c(C(=O)NC3CCCCC3)cc(C)cc21. The van der Waals surface area contributed by atoms with Gasteiger partial charge in [0.1, 0.15) is 0 Å². The molecule has 1 aromatic carbocycles. The fraction of sp³-hybridized carbons (Fsp3) is 0.550. The number of anilines is 1. The Morgan fingerprint density at radius 2 is 1.87 bits per heavy atom. The predicted octanol–water partition coefficient (Wildman–Crippen LogP) is 4.66. The number of hydrogen-bond donors (Lipinski definition) is 2. The van der Waals surface area contributed by atoms with Gasteiger partial charge in [-0.05, 0) is 63.8 Å². The first-order valence-corrected chi connectivity index (χ1v) is 8.79. The highest BCUT2D eigenvalue weighted by atomic mass is 16.1. The second-order valence-corrected chi connectivity index (χ2v) is 7.72.